The zero-order valence-electron chi connectivity index (χ0n) is 8.21. The molecule has 2 heterocycles. The van der Waals surface area contributed by atoms with E-state index in [-0.39, 0.29) is 11.5 Å². The Morgan fingerprint density at radius 3 is 3.14 bits per heavy atom. The second kappa shape index (κ2) is 3.32. The fourth-order valence-corrected chi connectivity index (χ4v) is 1.85. The number of nitrogens with zero attached hydrogens (tertiary/aromatic N) is 2. The second-order valence-corrected chi connectivity index (χ2v) is 3.44. The van der Waals surface area contributed by atoms with Crippen LogP contribution in [0.25, 0.3) is 0 Å². The largest absolute Gasteiger partial charge is 0.369 e. The van der Waals surface area contributed by atoms with Crippen LogP contribution in [-0.4, -0.2) is 23.1 Å². The fraction of sp³-hybridized carbons (Fsp3) is 0.556. The molecule has 5 heteroatoms. The molecule has 5 nitrogen and oxygen atoms in total. The lowest BCUT2D eigenvalue weighted by atomic mass is 10.1. The topological polar surface area (TPSA) is 75.0 Å². The first kappa shape index (κ1) is 9.05. The molecule has 0 bridgehead atoms. The second-order valence-electron chi connectivity index (χ2n) is 3.44. The van der Waals surface area contributed by atoms with Crippen molar-refractivity contribution in [2.75, 3.05) is 23.7 Å². The van der Waals surface area contributed by atoms with Crippen LogP contribution in [-0.2, 0) is 6.42 Å². The van der Waals surface area contributed by atoms with Crippen molar-refractivity contribution in [1.29, 1.82) is 0 Å². The Hall–Kier alpha value is -1.52. The van der Waals surface area contributed by atoms with Crippen LogP contribution in [0.5, 0.6) is 0 Å². The van der Waals surface area contributed by atoms with Gasteiger partial charge in [0.1, 0.15) is 5.82 Å². The normalized spacial score (nSPS) is 15.4. The summed E-state index contributed by atoms with van der Waals surface area (Å²) in [6.45, 7) is 3.87. The van der Waals surface area contributed by atoms with Gasteiger partial charge < -0.3 is 10.6 Å². The maximum atomic E-state index is 11.5. The highest BCUT2D eigenvalue weighted by Crippen LogP contribution is 2.21. The Kier molecular flexibility index (Phi) is 2.15. The van der Waals surface area contributed by atoms with Crippen LogP contribution in [0.3, 0.4) is 0 Å². The molecule has 0 atom stereocenters. The lowest BCUT2D eigenvalue weighted by molar-refractivity contribution is 0.686. The molecule has 0 spiro atoms. The molecule has 1 aromatic rings. The van der Waals surface area contributed by atoms with Crippen molar-refractivity contribution in [3.05, 3.63) is 15.9 Å². The van der Waals surface area contributed by atoms with E-state index in [1.54, 1.807) is 0 Å². The van der Waals surface area contributed by atoms with Gasteiger partial charge in [-0.1, -0.05) is 0 Å². The predicted molar refractivity (Wildman–Crippen MR) is 55.5 cm³/mol. The molecule has 1 aromatic heterocycles. The Labute approximate surface area is 82.0 Å². The summed E-state index contributed by atoms with van der Waals surface area (Å²) in [4.78, 5) is 20.3. The summed E-state index contributed by atoms with van der Waals surface area (Å²) >= 11 is 0. The van der Waals surface area contributed by atoms with Crippen molar-refractivity contribution in [1.82, 2.24) is 9.97 Å². The maximum Gasteiger partial charge on any atom is 0.257 e. The van der Waals surface area contributed by atoms with Gasteiger partial charge in [0, 0.05) is 13.1 Å². The average Bonchev–Trinajstić information content (AvgIpc) is 2.17. The number of hydrogen-bond donors (Lipinski definition) is 2. The molecule has 0 saturated carbocycles. The SMILES string of the molecule is CCN1CCCc2c1nc(N)[nH]c2=O. The van der Waals surface area contributed by atoms with Crippen LogP contribution < -0.4 is 16.2 Å². The molecule has 0 fully saturated rings. The molecule has 2 rings (SSSR count). The summed E-state index contributed by atoms with van der Waals surface area (Å²) in [7, 11) is 0. The molecule has 0 aliphatic carbocycles. The maximum absolute atomic E-state index is 11.5. The molecule has 3 N–H and O–H groups in total. The van der Waals surface area contributed by atoms with Crippen LogP contribution in [0, 0.1) is 0 Å². The number of aromatic amines is 1. The van der Waals surface area contributed by atoms with Crippen LogP contribution >= 0.6 is 0 Å². The lowest BCUT2D eigenvalue weighted by Gasteiger charge is -2.28. The number of nitrogens with one attached hydrogen (secondary N) is 1. The summed E-state index contributed by atoms with van der Waals surface area (Å²) in [6.07, 6.45) is 1.81. The first-order valence-corrected chi connectivity index (χ1v) is 4.86. The molecule has 0 saturated heterocycles. The summed E-state index contributed by atoms with van der Waals surface area (Å²) in [5, 5.41) is 0. The van der Waals surface area contributed by atoms with Gasteiger partial charge in [0.05, 0.1) is 5.56 Å². The molecular formula is C9H14N4O. The lowest BCUT2D eigenvalue weighted by Crippen LogP contribution is -2.34. The summed E-state index contributed by atoms with van der Waals surface area (Å²) in [6, 6.07) is 0. The molecule has 0 amide bonds. The predicted octanol–water partition coefficient (Wildman–Crippen LogP) is 0.125. The van der Waals surface area contributed by atoms with Crippen LogP contribution in [0.4, 0.5) is 11.8 Å². The van der Waals surface area contributed by atoms with Gasteiger partial charge in [-0.15, -0.1) is 0 Å². The van der Waals surface area contributed by atoms with E-state index in [1.807, 2.05) is 6.92 Å². The highest BCUT2D eigenvalue weighted by Gasteiger charge is 2.20. The Morgan fingerprint density at radius 1 is 1.64 bits per heavy atom. The van der Waals surface area contributed by atoms with E-state index in [0.29, 0.717) is 0 Å². The fourth-order valence-electron chi connectivity index (χ4n) is 1.85. The van der Waals surface area contributed by atoms with Gasteiger partial charge in [0.25, 0.3) is 5.56 Å². The summed E-state index contributed by atoms with van der Waals surface area (Å²) in [5.41, 5.74) is 6.18. The zero-order chi connectivity index (χ0) is 10.1. The third-order valence-corrected chi connectivity index (χ3v) is 2.55. The van der Waals surface area contributed by atoms with E-state index in [2.05, 4.69) is 14.9 Å². The van der Waals surface area contributed by atoms with Crippen molar-refractivity contribution in [2.45, 2.75) is 19.8 Å². The van der Waals surface area contributed by atoms with E-state index in [9.17, 15) is 4.79 Å². The molecule has 76 valence electrons. The number of nitrogens with two attached hydrogens (primary N) is 1. The number of H-pyrrole nitrogens is 1. The minimum absolute atomic E-state index is 0.0920. The molecule has 1 aliphatic heterocycles. The van der Waals surface area contributed by atoms with E-state index in [1.165, 1.54) is 0 Å². The van der Waals surface area contributed by atoms with Gasteiger partial charge >= 0.3 is 0 Å². The third-order valence-electron chi connectivity index (χ3n) is 2.55. The quantitative estimate of drug-likeness (QED) is 0.666. The van der Waals surface area contributed by atoms with Crippen LogP contribution in [0.1, 0.15) is 18.9 Å². The van der Waals surface area contributed by atoms with E-state index >= 15 is 0 Å². The van der Waals surface area contributed by atoms with Gasteiger partial charge in [-0.2, -0.15) is 4.98 Å². The monoisotopic (exact) mass is 194 g/mol. The molecule has 0 unspecified atom stereocenters. The molecule has 0 radical (unpaired) electrons. The highest BCUT2D eigenvalue weighted by molar-refractivity contribution is 5.50. The Morgan fingerprint density at radius 2 is 2.43 bits per heavy atom. The molecular weight excluding hydrogens is 180 g/mol. The molecule has 14 heavy (non-hydrogen) atoms. The first-order chi connectivity index (χ1) is 6.72. The summed E-state index contributed by atoms with van der Waals surface area (Å²) < 4.78 is 0. The number of nitrogen functional groups attached to an aromatic ring is 1. The Balaban J connectivity index is 2.56. The highest BCUT2D eigenvalue weighted by atomic mass is 16.1. The smallest absolute Gasteiger partial charge is 0.257 e. The van der Waals surface area contributed by atoms with Gasteiger partial charge in [-0.05, 0) is 19.8 Å². The van der Waals surface area contributed by atoms with Crippen molar-refractivity contribution in [3.63, 3.8) is 0 Å². The minimum atomic E-state index is -0.0920. The molecule has 1 aliphatic rings. The van der Waals surface area contributed by atoms with Gasteiger partial charge in [-0.3, -0.25) is 9.78 Å². The number of hydrogen-bond acceptors (Lipinski definition) is 4. The summed E-state index contributed by atoms with van der Waals surface area (Å²) in [5.74, 6) is 0.967. The van der Waals surface area contributed by atoms with Crippen LogP contribution in [0.2, 0.25) is 0 Å². The number of rotatable bonds is 1. The average molecular weight is 194 g/mol. The van der Waals surface area contributed by atoms with Gasteiger partial charge in [0.2, 0.25) is 5.95 Å². The number of aromatic nitrogens is 2. The van der Waals surface area contributed by atoms with Crippen molar-refractivity contribution < 1.29 is 0 Å². The van der Waals surface area contributed by atoms with Crippen molar-refractivity contribution in [3.8, 4) is 0 Å². The number of fused-ring (bicyclic) bond motifs is 1. The van der Waals surface area contributed by atoms with E-state index in [4.69, 9.17) is 5.73 Å². The Bertz CT molecular complexity index is 398. The van der Waals surface area contributed by atoms with Crippen molar-refractivity contribution >= 4 is 11.8 Å². The standard InChI is InChI=1S/C9H14N4O/c1-2-13-5-3-4-6-7(13)11-9(10)12-8(6)14/h2-5H2,1H3,(H3,10,11,12,14). The minimum Gasteiger partial charge on any atom is -0.369 e. The molecule has 0 aromatic carbocycles. The van der Waals surface area contributed by atoms with E-state index in [0.717, 1.165) is 37.3 Å². The van der Waals surface area contributed by atoms with Gasteiger partial charge in [0.15, 0.2) is 0 Å². The third kappa shape index (κ3) is 1.34. The van der Waals surface area contributed by atoms with E-state index < -0.39 is 0 Å². The zero-order valence-corrected chi connectivity index (χ0v) is 8.21. The first-order valence-electron chi connectivity index (χ1n) is 4.86. The van der Waals surface area contributed by atoms with Gasteiger partial charge in [-0.25, -0.2) is 0 Å². The van der Waals surface area contributed by atoms with Crippen molar-refractivity contribution in [2.24, 2.45) is 0 Å². The van der Waals surface area contributed by atoms with Crippen LogP contribution in [0.15, 0.2) is 4.79 Å². The number of anilines is 2.